The van der Waals surface area contributed by atoms with Crippen LogP contribution >= 0.6 is 11.6 Å². The van der Waals surface area contributed by atoms with Gasteiger partial charge in [0.05, 0.1) is 21.2 Å². The molecule has 47 heavy (non-hydrogen) atoms. The van der Waals surface area contributed by atoms with Gasteiger partial charge in [0.2, 0.25) is 10.0 Å². The van der Waals surface area contributed by atoms with E-state index in [4.69, 9.17) is 16.3 Å². The van der Waals surface area contributed by atoms with E-state index in [9.17, 15) is 23.1 Å². The number of rotatable bonds is 20. The van der Waals surface area contributed by atoms with Gasteiger partial charge in [-0.1, -0.05) is 102 Å². The van der Waals surface area contributed by atoms with Gasteiger partial charge in [-0.05, 0) is 42.8 Å². The molecule has 258 valence electrons. The summed E-state index contributed by atoms with van der Waals surface area (Å²) in [7, 11) is -0.848. The Morgan fingerprint density at radius 2 is 1.49 bits per heavy atom. The lowest BCUT2D eigenvalue weighted by molar-refractivity contribution is 0.102. The Labute approximate surface area is 284 Å². The van der Waals surface area contributed by atoms with Gasteiger partial charge in [-0.15, -0.1) is 0 Å². The number of halogens is 1. The molecule has 0 unspecified atom stereocenters. The van der Waals surface area contributed by atoms with E-state index in [1.54, 1.807) is 12.1 Å². The second kappa shape index (κ2) is 19.4. The number of unbranched alkanes of at least 4 members (excludes halogenated alkanes) is 13. The van der Waals surface area contributed by atoms with Crippen LogP contribution in [0.5, 0.6) is 11.5 Å². The Hall–Kier alpha value is -3.41. The average Bonchev–Trinajstić information content (AvgIpc) is 3.05. The number of amides is 2. The third-order valence-corrected chi connectivity index (χ3v) is 9.74. The molecule has 3 aromatic rings. The van der Waals surface area contributed by atoms with E-state index in [2.05, 4.69) is 21.9 Å². The molecule has 1 aromatic heterocycles. The normalized spacial score (nSPS) is 11.5. The predicted molar refractivity (Wildman–Crippen MR) is 188 cm³/mol. The van der Waals surface area contributed by atoms with Crippen molar-refractivity contribution < 1.29 is 27.9 Å². The number of fused-ring (bicyclic) bond motifs is 1. The number of hydrogen-bond acceptors (Lipinski definition) is 7. The number of carbonyl (C=O) groups is 2. The molecular formula is C35H49ClN4O6S. The van der Waals surface area contributed by atoms with Crippen LogP contribution in [0.1, 0.15) is 107 Å². The van der Waals surface area contributed by atoms with Crippen molar-refractivity contribution in [3.05, 3.63) is 53.2 Å². The molecule has 0 saturated carbocycles. The molecule has 3 N–H and O–H groups in total. The lowest BCUT2D eigenvalue weighted by atomic mass is 10.0. The van der Waals surface area contributed by atoms with Crippen LogP contribution in [0.2, 0.25) is 5.02 Å². The zero-order valence-corrected chi connectivity index (χ0v) is 29.4. The molecule has 0 aliphatic rings. The molecule has 2 aromatic carbocycles. The minimum atomic E-state index is -3.86. The third kappa shape index (κ3) is 12.0. The standard InChI is InChI=1S/C35H49ClN4O6S/c1-4-5-6-7-8-9-10-11-12-13-14-15-16-17-23-38-47(44,45)26-20-21-29(36)30(24-26)39-34(42)28-25-31(46-35(43)40(2)3)27-19-18-22-37-32(27)33(28)41/h18-22,24-25,38,41H,4-17,23H2,1-3H3,(H,39,42). The summed E-state index contributed by atoms with van der Waals surface area (Å²) in [5.41, 5.74) is -0.154. The van der Waals surface area contributed by atoms with Crippen LogP contribution < -0.4 is 14.8 Å². The second-order valence-corrected chi connectivity index (χ2v) is 14.2. The zero-order chi connectivity index (χ0) is 34.2. The van der Waals surface area contributed by atoms with Crippen LogP contribution in [0.3, 0.4) is 0 Å². The van der Waals surface area contributed by atoms with Crippen molar-refractivity contribution >= 4 is 50.2 Å². The van der Waals surface area contributed by atoms with E-state index < -0.39 is 27.8 Å². The Kier molecular flexibility index (Phi) is 15.7. The first-order valence-electron chi connectivity index (χ1n) is 16.7. The second-order valence-electron chi connectivity index (χ2n) is 12.0. The summed E-state index contributed by atoms with van der Waals surface area (Å²) in [6.45, 7) is 2.55. The molecule has 0 saturated heterocycles. The van der Waals surface area contributed by atoms with Crippen molar-refractivity contribution in [1.82, 2.24) is 14.6 Å². The molecule has 0 atom stereocenters. The van der Waals surface area contributed by atoms with Crippen LogP contribution in [0.15, 0.2) is 47.5 Å². The van der Waals surface area contributed by atoms with Crippen molar-refractivity contribution in [2.24, 2.45) is 0 Å². The first-order valence-corrected chi connectivity index (χ1v) is 18.5. The zero-order valence-electron chi connectivity index (χ0n) is 27.8. The van der Waals surface area contributed by atoms with E-state index in [0.29, 0.717) is 11.9 Å². The fourth-order valence-electron chi connectivity index (χ4n) is 5.21. The Balaban J connectivity index is 1.51. The van der Waals surface area contributed by atoms with Gasteiger partial charge in [0, 0.05) is 32.2 Å². The van der Waals surface area contributed by atoms with E-state index in [1.165, 1.54) is 114 Å². The summed E-state index contributed by atoms with van der Waals surface area (Å²) < 4.78 is 34.1. The molecule has 0 aliphatic carbocycles. The topological polar surface area (TPSA) is 138 Å². The molecule has 0 radical (unpaired) electrons. The number of hydrogen-bond donors (Lipinski definition) is 3. The molecule has 0 aliphatic heterocycles. The molecule has 1 heterocycles. The van der Waals surface area contributed by atoms with Crippen molar-refractivity contribution in [1.29, 1.82) is 0 Å². The summed E-state index contributed by atoms with van der Waals surface area (Å²) in [5, 5.41) is 13.9. The molecule has 10 nitrogen and oxygen atoms in total. The SMILES string of the molecule is CCCCCCCCCCCCCCCCNS(=O)(=O)c1ccc(Cl)c(NC(=O)c2cc(OC(=O)N(C)C)c3cccnc3c2O)c1. The van der Waals surface area contributed by atoms with Gasteiger partial charge in [0.25, 0.3) is 5.91 Å². The summed E-state index contributed by atoms with van der Waals surface area (Å²) in [6.07, 6.45) is 17.8. The van der Waals surface area contributed by atoms with Gasteiger partial charge in [-0.3, -0.25) is 9.78 Å². The smallest absolute Gasteiger partial charge is 0.414 e. The quantitative estimate of drug-likeness (QED) is 0.101. The number of benzene rings is 2. The fourth-order valence-corrected chi connectivity index (χ4v) is 6.47. The number of aromatic hydroxyl groups is 1. The highest BCUT2D eigenvalue weighted by molar-refractivity contribution is 7.89. The highest BCUT2D eigenvalue weighted by atomic mass is 35.5. The molecule has 12 heteroatoms. The van der Waals surface area contributed by atoms with E-state index in [0.717, 1.165) is 25.7 Å². The minimum Gasteiger partial charge on any atom is -0.505 e. The number of ether oxygens (including phenoxy) is 1. The number of anilines is 1. The van der Waals surface area contributed by atoms with Crippen LogP contribution in [-0.2, 0) is 10.0 Å². The van der Waals surface area contributed by atoms with Gasteiger partial charge in [0.15, 0.2) is 5.75 Å². The highest BCUT2D eigenvalue weighted by Gasteiger charge is 2.23. The average molecular weight is 689 g/mol. The largest absolute Gasteiger partial charge is 0.505 e. The molecule has 0 spiro atoms. The van der Waals surface area contributed by atoms with Crippen molar-refractivity contribution in [2.45, 2.75) is 102 Å². The van der Waals surface area contributed by atoms with Gasteiger partial charge in [-0.25, -0.2) is 17.9 Å². The lowest BCUT2D eigenvalue weighted by Crippen LogP contribution is -2.25. The number of carbonyl (C=O) groups excluding carboxylic acids is 2. The molecule has 3 rings (SSSR count). The summed E-state index contributed by atoms with van der Waals surface area (Å²) in [5.74, 6) is -1.22. The number of pyridine rings is 1. The maximum absolute atomic E-state index is 13.3. The first kappa shape index (κ1) is 38.0. The van der Waals surface area contributed by atoms with Crippen LogP contribution in [-0.4, -0.2) is 56.0 Å². The van der Waals surface area contributed by atoms with Crippen molar-refractivity contribution in [3.63, 3.8) is 0 Å². The molecular weight excluding hydrogens is 640 g/mol. The van der Waals surface area contributed by atoms with E-state index in [-0.39, 0.29) is 32.4 Å². The molecule has 0 bridgehead atoms. The number of phenolic OH excluding ortho intramolecular Hbond substituents is 1. The van der Waals surface area contributed by atoms with Crippen LogP contribution in [0.25, 0.3) is 10.9 Å². The predicted octanol–water partition coefficient (Wildman–Crippen LogP) is 8.67. The van der Waals surface area contributed by atoms with Crippen molar-refractivity contribution in [2.75, 3.05) is 26.0 Å². The van der Waals surface area contributed by atoms with E-state index >= 15 is 0 Å². The first-order chi connectivity index (χ1) is 22.5. The molecule has 0 fully saturated rings. The summed E-state index contributed by atoms with van der Waals surface area (Å²) in [4.78, 5) is 30.9. The maximum atomic E-state index is 13.3. The third-order valence-electron chi connectivity index (χ3n) is 7.95. The number of phenols is 1. The lowest BCUT2D eigenvalue weighted by Gasteiger charge is -2.15. The van der Waals surface area contributed by atoms with Crippen LogP contribution in [0, 0.1) is 0 Å². The van der Waals surface area contributed by atoms with Gasteiger partial charge in [-0.2, -0.15) is 0 Å². The van der Waals surface area contributed by atoms with E-state index in [1.807, 2.05) is 0 Å². The number of aromatic nitrogens is 1. The van der Waals surface area contributed by atoms with Gasteiger partial charge >= 0.3 is 6.09 Å². The summed E-state index contributed by atoms with van der Waals surface area (Å²) >= 11 is 6.31. The van der Waals surface area contributed by atoms with Gasteiger partial charge in [0.1, 0.15) is 11.3 Å². The Morgan fingerprint density at radius 1 is 0.894 bits per heavy atom. The number of nitrogens with zero attached hydrogens (tertiary/aromatic N) is 2. The molecule has 2 amide bonds. The van der Waals surface area contributed by atoms with Crippen LogP contribution in [0.4, 0.5) is 10.5 Å². The van der Waals surface area contributed by atoms with Gasteiger partial charge < -0.3 is 20.1 Å². The minimum absolute atomic E-state index is 0.0184. The number of sulfonamides is 1. The maximum Gasteiger partial charge on any atom is 0.414 e. The Bertz CT molecular complexity index is 1580. The number of nitrogens with one attached hydrogen (secondary N) is 2. The monoisotopic (exact) mass is 688 g/mol. The summed E-state index contributed by atoms with van der Waals surface area (Å²) in [6, 6.07) is 8.43. The highest BCUT2D eigenvalue weighted by Crippen LogP contribution is 2.36. The van der Waals surface area contributed by atoms with Crippen molar-refractivity contribution in [3.8, 4) is 11.5 Å². The fraction of sp³-hybridized carbons (Fsp3) is 0.514. The Morgan fingerprint density at radius 3 is 2.09 bits per heavy atom.